The number of benzene rings is 1. The SMILES string of the molecule is CC1(C)Cc2c(ccn2-c2cc(Cl)ccc2C#N)C(N)C1. The topological polar surface area (TPSA) is 54.7 Å². The van der Waals surface area contributed by atoms with Gasteiger partial charge in [0.1, 0.15) is 6.07 Å². The third-order valence-electron chi connectivity index (χ3n) is 4.18. The van der Waals surface area contributed by atoms with Gasteiger partial charge in [-0.15, -0.1) is 0 Å². The maximum Gasteiger partial charge on any atom is 0.101 e. The van der Waals surface area contributed by atoms with Gasteiger partial charge in [-0.2, -0.15) is 5.26 Å². The van der Waals surface area contributed by atoms with Gasteiger partial charge in [-0.25, -0.2) is 0 Å². The van der Waals surface area contributed by atoms with Crippen molar-refractivity contribution in [1.29, 1.82) is 5.26 Å². The summed E-state index contributed by atoms with van der Waals surface area (Å²) in [5, 5.41) is 9.97. The van der Waals surface area contributed by atoms with Gasteiger partial charge in [0.2, 0.25) is 0 Å². The summed E-state index contributed by atoms with van der Waals surface area (Å²) in [5.41, 5.74) is 10.3. The molecule has 21 heavy (non-hydrogen) atoms. The number of aromatic nitrogens is 1. The quantitative estimate of drug-likeness (QED) is 0.866. The number of halogens is 1. The fourth-order valence-electron chi connectivity index (χ4n) is 3.26. The van der Waals surface area contributed by atoms with Gasteiger partial charge < -0.3 is 10.3 Å². The number of rotatable bonds is 1. The average molecular weight is 300 g/mol. The number of fused-ring (bicyclic) bond motifs is 1. The molecule has 3 nitrogen and oxygen atoms in total. The predicted molar refractivity (Wildman–Crippen MR) is 84.5 cm³/mol. The van der Waals surface area contributed by atoms with E-state index in [2.05, 4.69) is 30.6 Å². The van der Waals surface area contributed by atoms with Crippen LogP contribution in [0.2, 0.25) is 5.02 Å². The van der Waals surface area contributed by atoms with Gasteiger partial charge >= 0.3 is 0 Å². The molecular formula is C17H18ClN3. The summed E-state index contributed by atoms with van der Waals surface area (Å²) < 4.78 is 2.07. The van der Waals surface area contributed by atoms with Gasteiger partial charge in [-0.1, -0.05) is 25.4 Å². The number of nitrogens with two attached hydrogens (primary N) is 1. The van der Waals surface area contributed by atoms with Crippen LogP contribution in [0.25, 0.3) is 5.69 Å². The van der Waals surface area contributed by atoms with E-state index in [0.29, 0.717) is 10.6 Å². The molecule has 0 aliphatic heterocycles. The van der Waals surface area contributed by atoms with Crippen molar-refractivity contribution in [2.45, 2.75) is 32.7 Å². The van der Waals surface area contributed by atoms with Crippen molar-refractivity contribution in [1.82, 2.24) is 4.57 Å². The van der Waals surface area contributed by atoms with E-state index in [9.17, 15) is 5.26 Å². The molecule has 2 N–H and O–H groups in total. The van der Waals surface area contributed by atoms with Gasteiger partial charge in [0.15, 0.2) is 0 Å². The minimum atomic E-state index is 0.0507. The van der Waals surface area contributed by atoms with Crippen molar-refractivity contribution in [3.63, 3.8) is 0 Å². The third-order valence-corrected chi connectivity index (χ3v) is 4.42. The van der Waals surface area contributed by atoms with E-state index >= 15 is 0 Å². The first-order chi connectivity index (χ1) is 9.91. The van der Waals surface area contributed by atoms with Crippen LogP contribution in [-0.4, -0.2) is 4.57 Å². The highest BCUT2D eigenvalue weighted by Crippen LogP contribution is 2.41. The summed E-state index contributed by atoms with van der Waals surface area (Å²) >= 11 is 6.11. The second kappa shape index (κ2) is 4.91. The first-order valence-electron chi connectivity index (χ1n) is 7.07. The van der Waals surface area contributed by atoms with Crippen LogP contribution in [0.3, 0.4) is 0 Å². The average Bonchev–Trinajstić information content (AvgIpc) is 2.80. The van der Waals surface area contributed by atoms with Gasteiger partial charge in [0, 0.05) is 23.0 Å². The highest BCUT2D eigenvalue weighted by atomic mass is 35.5. The molecule has 108 valence electrons. The number of hydrogen-bond donors (Lipinski definition) is 1. The number of hydrogen-bond acceptors (Lipinski definition) is 2. The van der Waals surface area contributed by atoms with E-state index in [0.717, 1.165) is 18.5 Å². The molecule has 1 aromatic heterocycles. The summed E-state index contributed by atoms with van der Waals surface area (Å²) in [4.78, 5) is 0. The lowest BCUT2D eigenvalue weighted by molar-refractivity contribution is 0.278. The Morgan fingerprint density at radius 3 is 2.86 bits per heavy atom. The Labute approximate surface area is 129 Å². The Hall–Kier alpha value is -1.76. The first-order valence-corrected chi connectivity index (χ1v) is 7.45. The van der Waals surface area contributed by atoms with Crippen LogP contribution in [0.15, 0.2) is 30.5 Å². The summed E-state index contributed by atoms with van der Waals surface area (Å²) in [7, 11) is 0. The molecule has 0 spiro atoms. The molecule has 1 unspecified atom stereocenters. The highest BCUT2D eigenvalue weighted by Gasteiger charge is 2.32. The van der Waals surface area contributed by atoms with Gasteiger partial charge in [-0.05, 0) is 48.1 Å². The van der Waals surface area contributed by atoms with Crippen molar-refractivity contribution in [3.05, 3.63) is 52.3 Å². The fourth-order valence-corrected chi connectivity index (χ4v) is 3.43. The van der Waals surface area contributed by atoms with Crippen molar-refractivity contribution in [2.75, 3.05) is 0 Å². The van der Waals surface area contributed by atoms with Crippen molar-refractivity contribution < 1.29 is 0 Å². The predicted octanol–water partition coefficient (Wildman–Crippen LogP) is 3.97. The molecule has 0 saturated heterocycles. The molecule has 0 radical (unpaired) electrons. The van der Waals surface area contributed by atoms with E-state index in [1.807, 2.05) is 12.3 Å². The second-order valence-electron chi connectivity index (χ2n) is 6.51. The van der Waals surface area contributed by atoms with Crippen LogP contribution in [0.5, 0.6) is 0 Å². The first kappa shape index (κ1) is 14.2. The monoisotopic (exact) mass is 299 g/mol. The molecule has 2 aromatic rings. The van der Waals surface area contributed by atoms with Gasteiger partial charge in [0.25, 0.3) is 0 Å². The molecule has 0 fully saturated rings. The Morgan fingerprint density at radius 1 is 1.38 bits per heavy atom. The number of nitrogens with zero attached hydrogens (tertiary/aromatic N) is 2. The van der Waals surface area contributed by atoms with E-state index in [-0.39, 0.29) is 11.5 Å². The second-order valence-corrected chi connectivity index (χ2v) is 6.95. The van der Waals surface area contributed by atoms with Crippen molar-refractivity contribution in [2.24, 2.45) is 11.1 Å². The summed E-state index contributed by atoms with van der Waals surface area (Å²) in [6.07, 6.45) is 3.92. The van der Waals surface area contributed by atoms with Crippen LogP contribution in [0, 0.1) is 16.7 Å². The minimum absolute atomic E-state index is 0.0507. The Bertz CT molecular complexity index is 737. The van der Waals surface area contributed by atoms with Gasteiger partial charge in [0.05, 0.1) is 11.3 Å². The van der Waals surface area contributed by atoms with E-state index < -0.39 is 0 Å². The fraction of sp³-hybridized carbons (Fsp3) is 0.353. The van der Waals surface area contributed by atoms with Crippen molar-refractivity contribution >= 4 is 11.6 Å². The smallest absolute Gasteiger partial charge is 0.101 e. The zero-order valence-electron chi connectivity index (χ0n) is 12.2. The number of nitriles is 1. The van der Waals surface area contributed by atoms with Gasteiger partial charge in [-0.3, -0.25) is 0 Å². The Morgan fingerprint density at radius 2 is 2.14 bits per heavy atom. The molecule has 4 heteroatoms. The molecule has 0 saturated carbocycles. The molecule has 1 atom stereocenters. The molecular weight excluding hydrogens is 282 g/mol. The summed E-state index contributed by atoms with van der Waals surface area (Å²) in [5.74, 6) is 0. The van der Waals surface area contributed by atoms with Crippen LogP contribution >= 0.6 is 11.6 Å². The Kier molecular flexibility index (Phi) is 3.32. The molecule has 1 aliphatic rings. The molecule has 1 aromatic carbocycles. The lowest BCUT2D eigenvalue weighted by Crippen LogP contribution is -2.30. The maximum absolute atomic E-state index is 9.34. The molecule has 1 heterocycles. The normalized spacial score (nSPS) is 19.9. The standard InChI is InChI=1S/C17H18ClN3/c1-17(2)8-14(20)13-5-6-21(16(13)9-17)15-7-12(18)4-3-11(15)10-19/h3-7,14H,8-9,20H2,1-2H3. The molecule has 1 aliphatic carbocycles. The van der Waals surface area contributed by atoms with Crippen LogP contribution < -0.4 is 5.73 Å². The lowest BCUT2D eigenvalue weighted by atomic mass is 9.74. The van der Waals surface area contributed by atoms with Crippen LogP contribution in [-0.2, 0) is 6.42 Å². The minimum Gasteiger partial charge on any atom is -0.324 e. The van der Waals surface area contributed by atoms with Crippen LogP contribution in [0.4, 0.5) is 0 Å². The van der Waals surface area contributed by atoms with E-state index in [1.165, 1.54) is 11.3 Å². The molecule has 3 rings (SSSR count). The Balaban J connectivity index is 2.19. The summed E-state index contributed by atoms with van der Waals surface area (Å²) in [6.45, 7) is 4.46. The molecule has 0 amide bonds. The third kappa shape index (κ3) is 2.46. The lowest BCUT2D eigenvalue weighted by Gasteiger charge is -2.34. The highest BCUT2D eigenvalue weighted by molar-refractivity contribution is 6.30. The maximum atomic E-state index is 9.34. The van der Waals surface area contributed by atoms with Crippen molar-refractivity contribution in [3.8, 4) is 11.8 Å². The zero-order chi connectivity index (χ0) is 15.2. The zero-order valence-corrected chi connectivity index (χ0v) is 13.0. The van der Waals surface area contributed by atoms with E-state index in [1.54, 1.807) is 12.1 Å². The van der Waals surface area contributed by atoms with Crippen LogP contribution in [0.1, 0.15) is 43.1 Å². The summed E-state index contributed by atoms with van der Waals surface area (Å²) in [6, 6.07) is 9.70. The molecule has 0 bridgehead atoms. The largest absolute Gasteiger partial charge is 0.324 e. The van der Waals surface area contributed by atoms with E-state index in [4.69, 9.17) is 17.3 Å².